The van der Waals surface area contributed by atoms with E-state index in [9.17, 15) is 4.79 Å². The van der Waals surface area contributed by atoms with Crippen LogP contribution in [0.25, 0.3) is 11.4 Å². The van der Waals surface area contributed by atoms with Gasteiger partial charge >= 0.3 is 0 Å². The summed E-state index contributed by atoms with van der Waals surface area (Å²) in [5.74, 6) is 0.937. The molecule has 1 amide bonds. The fraction of sp³-hybridized carbons (Fsp3) is 0.167. The average Bonchev–Trinajstić information content (AvgIpc) is 3.20. The fourth-order valence-electron chi connectivity index (χ4n) is 3.24. The number of aromatic nitrogens is 4. The van der Waals surface area contributed by atoms with Crippen LogP contribution in [0.4, 0.5) is 5.69 Å². The van der Waals surface area contributed by atoms with Crippen LogP contribution in [-0.4, -0.2) is 31.4 Å². The summed E-state index contributed by atoms with van der Waals surface area (Å²) in [6, 6.07) is 21.9. The van der Waals surface area contributed by atoms with Crippen LogP contribution in [0.1, 0.15) is 11.1 Å². The molecule has 6 nitrogen and oxygen atoms in total. The van der Waals surface area contributed by atoms with Gasteiger partial charge in [-0.15, -0.1) is 10.2 Å². The Kier molecular flexibility index (Phi) is 6.74. The Morgan fingerprint density at radius 1 is 1.03 bits per heavy atom. The number of benzene rings is 2. The van der Waals surface area contributed by atoms with Crippen LogP contribution in [0.15, 0.2) is 84.3 Å². The minimum absolute atomic E-state index is 0.0730. The maximum atomic E-state index is 12.5. The van der Waals surface area contributed by atoms with Crippen molar-refractivity contribution in [3.63, 3.8) is 0 Å². The van der Waals surface area contributed by atoms with E-state index < -0.39 is 0 Å². The van der Waals surface area contributed by atoms with Crippen LogP contribution in [-0.2, 0) is 17.8 Å². The van der Waals surface area contributed by atoms with Gasteiger partial charge in [0, 0.05) is 30.2 Å². The number of aryl methyl sites for hydroxylation is 2. The fourth-order valence-corrected chi connectivity index (χ4v) is 4.01. The molecule has 7 heteroatoms. The van der Waals surface area contributed by atoms with Crippen molar-refractivity contribution in [1.82, 2.24) is 19.7 Å². The Morgan fingerprint density at radius 2 is 1.90 bits per heavy atom. The highest BCUT2D eigenvalue weighted by Crippen LogP contribution is 2.24. The third kappa shape index (κ3) is 5.58. The molecule has 0 aliphatic rings. The summed E-state index contributed by atoms with van der Waals surface area (Å²) >= 11 is 1.39. The van der Waals surface area contributed by atoms with Crippen molar-refractivity contribution in [3.05, 3.63) is 90.3 Å². The van der Waals surface area contributed by atoms with Gasteiger partial charge in [-0.05, 0) is 48.7 Å². The van der Waals surface area contributed by atoms with Crippen LogP contribution < -0.4 is 5.32 Å². The quantitative estimate of drug-likeness (QED) is 0.414. The molecule has 0 aliphatic heterocycles. The van der Waals surface area contributed by atoms with Gasteiger partial charge < -0.3 is 9.88 Å². The van der Waals surface area contributed by atoms with Gasteiger partial charge in [0.15, 0.2) is 11.0 Å². The Hall–Kier alpha value is -3.45. The molecule has 0 aliphatic carbocycles. The number of nitrogens with zero attached hydrogens (tertiary/aromatic N) is 4. The van der Waals surface area contributed by atoms with Gasteiger partial charge in [0.1, 0.15) is 0 Å². The van der Waals surface area contributed by atoms with Crippen LogP contribution in [0.3, 0.4) is 0 Å². The molecule has 0 spiro atoms. The van der Waals surface area contributed by atoms with E-state index in [1.54, 1.807) is 12.4 Å². The van der Waals surface area contributed by atoms with Gasteiger partial charge in [-0.25, -0.2) is 0 Å². The highest BCUT2D eigenvalue weighted by Gasteiger charge is 2.16. The minimum Gasteiger partial charge on any atom is -0.325 e. The Labute approximate surface area is 185 Å². The molecule has 0 fully saturated rings. The van der Waals surface area contributed by atoms with Crippen molar-refractivity contribution >= 4 is 23.4 Å². The molecule has 31 heavy (non-hydrogen) atoms. The lowest BCUT2D eigenvalue weighted by Crippen LogP contribution is -2.15. The average molecular weight is 430 g/mol. The van der Waals surface area contributed by atoms with Gasteiger partial charge in [-0.2, -0.15) is 0 Å². The second-order valence-corrected chi connectivity index (χ2v) is 8.08. The van der Waals surface area contributed by atoms with Crippen LogP contribution in [0, 0.1) is 6.92 Å². The SMILES string of the molecule is Cc1cccc(NC(=O)CSc2nnc(-c3cccnc3)n2CCc2ccccc2)c1. The number of thioether (sulfide) groups is 1. The van der Waals surface area contributed by atoms with Crippen LogP contribution in [0.5, 0.6) is 0 Å². The molecule has 0 unspecified atom stereocenters. The lowest BCUT2D eigenvalue weighted by molar-refractivity contribution is -0.113. The van der Waals surface area contributed by atoms with Crippen molar-refractivity contribution in [2.75, 3.05) is 11.1 Å². The van der Waals surface area contributed by atoms with Crippen molar-refractivity contribution < 1.29 is 4.79 Å². The van der Waals surface area contributed by atoms with Gasteiger partial charge in [-0.3, -0.25) is 9.78 Å². The lowest BCUT2D eigenvalue weighted by atomic mass is 10.1. The van der Waals surface area contributed by atoms with E-state index in [-0.39, 0.29) is 11.7 Å². The van der Waals surface area contributed by atoms with Crippen LogP contribution >= 0.6 is 11.8 Å². The number of carbonyl (C=O) groups is 1. The highest BCUT2D eigenvalue weighted by atomic mass is 32.2. The normalized spacial score (nSPS) is 10.7. The van der Waals surface area contributed by atoms with Crippen molar-refractivity contribution in [3.8, 4) is 11.4 Å². The molecule has 4 aromatic rings. The summed E-state index contributed by atoms with van der Waals surface area (Å²) in [6.45, 7) is 2.71. The molecule has 0 radical (unpaired) electrons. The van der Waals surface area contributed by atoms with E-state index in [0.29, 0.717) is 11.7 Å². The molecule has 0 atom stereocenters. The molecular weight excluding hydrogens is 406 g/mol. The van der Waals surface area contributed by atoms with E-state index in [4.69, 9.17) is 0 Å². The monoisotopic (exact) mass is 429 g/mol. The number of rotatable bonds is 8. The zero-order valence-corrected chi connectivity index (χ0v) is 18.0. The molecular formula is C24H23N5OS. The number of pyridine rings is 1. The van der Waals surface area contributed by atoms with Gasteiger partial charge in [0.25, 0.3) is 0 Å². The summed E-state index contributed by atoms with van der Waals surface area (Å²) in [5, 5.41) is 12.4. The molecule has 2 aromatic carbocycles. The molecule has 2 aromatic heterocycles. The first-order valence-corrected chi connectivity index (χ1v) is 11.0. The molecule has 0 saturated heterocycles. The summed E-state index contributed by atoms with van der Waals surface area (Å²) in [6.07, 6.45) is 4.36. The van der Waals surface area contributed by atoms with Gasteiger partial charge in [-0.1, -0.05) is 54.2 Å². The number of nitrogens with one attached hydrogen (secondary N) is 1. The maximum Gasteiger partial charge on any atom is 0.234 e. The van der Waals surface area contributed by atoms with E-state index >= 15 is 0 Å². The topological polar surface area (TPSA) is 72.7 Å². The minimum atomic E-state index is -0.0730. The molecule has 0 bridgehead atoms. The van der Waals surface area contributed by atoms with Gasteiger partial charge in [0.05, 0.1) is 5.75 Å². The summed E-state index contributed by atoms with van der Waals surface area (Å²) in [4.78, 5) is 16.7. The van der Waals surface area contributed by atoms with E-state index in [2.05, 4.69) is 37.2 Å². The number of hydrogen-bond acceptors (Lipinski definition) is 5. The third-order valence-corrected chi connectivity index (χ3v) is 5.70. The third-order valence-electron chi connectivity index (χ3n) is 4.74. The highest BCUT2D eigenvalue weighted by molar-refractivity contribution is 7.99. The van der Waals surface area contributed by atoms with Crippen molar-refractivity contribution in [2.24, 2.45) is 0 Å². The standard InChI is InChI=1S/C24H23N5OS/c1-18-7-5-11-21(15-18)26-22(30)17-31-24-28-27-23(20-10-6-13-25-16-20)29(24)14-12-19-8-3-2-4-9-19/h2-11,13,15-16H,12,14,17H2,1H3,(H,26,30). The Morgan fingerprint density at radius 3 is 2.68 bits per heavy atom. The second kappa shape index (κ2) is 10.0. The largest absolute Gasteiger partial charge is 0.325 e. The van der Waals surface area contributed by atoms with Crippen molar-refractivity contribution in [2.45, 2.75) is 25.0 Å². The first-order chi connectivity index (χ1) is 15.2. The van der Waals surface area contributed by atoms with E-state index in [1.807, 2.05) is 61.5 Å². The maximum absolute atomic E-state index is 12.5. The first-order valence-electron chi connectivity index (χ1n) is 10.1. The second-order valence-electron chi connectivity index (χ2n) is 7.14. The summed E-state index contributed by atoms with van der Waals surface area (Å²) < 4.78 is 2.06. The number of amides is 1. The molecule has 1 N–H and O–H groups in total. The molecule has 156 valence electrons. The summed E-state index contributed by atoms with van der Waals surface area (Å²) in [7, 11) is 0. The summed E-state index contributed by atoms with van der Waals surface area (Å²) in [5.41, 5.74) is 4.04. The zero-order valence-electron chi connectivity index (χ0n) is 17.2. The predicted octanol–water partition coefficient (Wildman–Crippen LogP) is 4.62. The van der Waals surface area contributed by atoms with E-state index in [0.717, 1.165) is 29.1 Å². The van der Waals surface area contributed by atoms with Crippen molar-refractivity contribution in [1.29, 1.82) is 0 Å². The number of anilines is 1. The first kappa shape index (κ1) is 20.8. The molecule has 2 heterocycles. The van der Waals surface area contributed by atoms with Gasteiger partial charge in [0.2, 0.25) is 5.91 Å². The molecule has 4 rings (SSSR count). The zero-order chi connectivity index (χ0) is 21.5. The van der Waals surface area contributed by atoms with Crippen LogP contribution in [0.2, 0.25) is 0 Å². The number of carbonyl (C=O) groups excluding carboxylic acids is 1. The van der Waals surface area contributed by atoms with E-state index in [1.165, 1.54) is 17.3 Å². The smallest absolute Gasteiger partial charge is 0.234 e. The predicted molar refractivity (Wildman–Crippen MR) is 124 cm³/mol. The molecule has 0 saturated carbocycles. The Balaban J connectivity index is 1.49. The lowest BCUT2D eigenvalue weighted by Gasteiger charge is -2.11. The Bertz CT molecular complexity index is 1150. The number of hydrogen-bond donors (Lipinski definition) is 1.